The molecule has 2 saturated heterocycles. The smallest absolute Gasteiger partial charge is 0.188 e. The monoisotopic (exact) mass is 695 g/mol. The van der Waals surface area contributed by atoms with Crippen LogP contribution in [0.5, 0.6) is 11.5 Å². The molecule has 2 aliphatic rings. The first kappa shape index (κ1) is 37.8. The van der Waals surface area contributed by atoms with Gasteiger partial charge in [-0.15, -0.1) is 23.2 Å². The van der Waals surface area contributed by atoms with Crippen LogP contribution >= 0.6 is 23.2 Å². The number of aromatic hydroxyl groups is 2. The third kappa shape index (κ3) is 11.8. The number of hydrogen-bond acceptors (Lipinski definition) is 9. The number of aliphatic hydroxyl groups excluding tert-OH is 1. The fourth-order valence-corrected chi connectivity index (χ4v) is 7.36. The molecule has 47 heavy (non-hydrogen) atoms. The van der Waals surface area contributed by atoms with E-state index < -0.39 is 24.7 Å². The molecule has 2 fully saturated rings. The number of benzene rings is 2. The molecule has 0 saturated carbocycles. The van der Waals surface area contributed by atoms with Crippen LogP contribution in [0.2, 0.25) is 0 Å². The van der Waals surface area contributed by atoms with Crippen molar-refractivity contribution in [3.8, 4) is 11.5 Å². The molecule has 10 unspecified atom stereocenters. The highest BCUT2D eigenvalue weighted by Crippen LogP contribution is 2.40. The summed E-state index contributed by atoms with van der Waals surface area (Å²) in [5.41, 5.74) is 1.10. The highest BCUT2D eigenvalue weighted by atomic mass is 35.5. The summed E-state index contributed by atoms with van der Waals surface area (Å²) >= 11 is 13.2. The number of nitrogens with zero attached hydrogens (tertiary/aromatic N) is 1. The molecule has 2 aromatic rings. The fraction of sp³-hybridized carbons (Fsp3) is 0.667. The van der Waals surface area contributed by atoms with Crippen molar-refractivity contribution in [2.45, 2.75) is 151 Å². The third-order valence-corrected chi connectivity index (χ3v) is 9.84. The summed E-state index contributed by atoms with van der Waals surface area (Å²) in [4.78, 5) is 12.1. The number of nitroso groups, excluding NO2 is 1. The number of phenolic OH excluding ortho intramolecular Hbond substituents is 2. The van der Waals surface area contributed by atoms with Crippen LogP contribution < -0.4 is 0 Å². The molecule has 9 nitrogen and oxygen atoms in total. The van der Waals surface area contributed by atoms with Crippen molar-refractivity contribution in [3.63, 3.8) is 0 Å². The van der Waals surface area contributed by atoms with Gasteiger partial charge in [-0.25, -0.2) is 0 Å². The highest BCUT2D eigenvalue weighted by Gasteiger charge is 2.36. The summed E-state index contributed by atoms with van der Waals surface area (Å²) in [6.45, 7) is 4.02. The Kier molecular flexibility index (Phi) is 15.5. The van der Waals surface area contributed by atoms with Gasteiger partial charge in [-0.1, -0.05) is 61.8 Å². The zero-order valence-electron chi connectivity index (χ0n) is 27.5. The largest absolute Gasteiger partial charge is 0.507 e. The second-order valence-electron chi connectivity index (χ2n) is 13.0. The summed E-state index contributed by atoms with van der Waals surface area (Å²) < 4.78 is 25.1. The van der Waals surface area contributed by atoms with Crippen molar-refractivity contribution in [2.75, 3.05) is 0 Å². The number of alkyl halides is 2. The topological polar surface area (TPSA) is 127 Å². The SMILES string of the molecule is CCCC(Cl)CC1CC(CC(CCCC2CC(CC(Cl)CC(O)CC)OC(c3ccccc3O)O2)N=O)OC(c2ccccc2O)O1. The van der Waals surface area contributed by atoms with Gasteiger partial charge in [0.05, 0.1) is 36.6 Å². The summed E-state index contributed by atoms with van der Waals surface area (Å²) in [5.74, 6) is 0.190. The van der Waals surface area contributed by atoms with Crippen LogP contribution in [0.25, 0.3) is 0 Å². The highest BCUT2D eigenvalue weighted by molar-refractivity contribution is 6.20. The molecule has 10 atom stereocenters. The third-order valence-electron chi connectivity index (χ3n) is 9.08. The lowest BCUT2D eigenvalue weighted by Crippen LogP contribution is -2.37. The minimum Gasteiger partial charge on any atom is -0.507 e. The number of phenols is 2. The number of aliphatic hydroxyl groups is 1. The zero-order chi connectivity index (χ0) is 33.8. The van der Waals surface area contributed by atoms with E-state index in [0.717, 1.165) is 12.8 Å². The maximum atomic E-state index is 12.1. The molecule has 0 aromatic heterocycles. The van der Waals surface area contributed by atoms with E-state index in [0.29, 0.717) is 75.3 Å². The Morgan fingerprint density at radius 1 is 0.766 bits per heavy atom. The predicted molar refractivity (Wildman–Crippen MR) is 183 cm³/mol. The second-order valence-corrected chi connectivity index (χ2v) is 14.2. The Hall–Kier alpha value is -1.98. The zero-order valence-corrected chi connectivity index (χ0v) is 29.0. The molecule has 2 aliphatic heterocycles. The molecule has 0 amide bonds. The molecule has 0 bridgehead atoms. The van der Waals surface area contributed by atoms with E-state index in [-0.39, 0.29) is 46.7 Å². The van der Waals surface area contributed by atoms with Crippen molar-refractivity contribution in [1.82, 2.24) is 0 Å². The molecular formula is C36H51Cl2NO8. The van der Waals surface area contributed by atoms with Gasteiger partial charge in [-0.3, -0.25) is 0 Å². The number of hydrogen-bond donors (Lipinski definition) is 3. The van der Waals surface area contributed by atoms with Crippen molar-refractivity contribution in [2.24, 2.45) is 5.18 Å². The molecule has 2 heterocycles. The summed E-state index contributed by atoms with van der Waals surface area (Å²) in [6, 6.07) is 13.4. The molecule has 0 aliphatic carbocycles. The van der Waals surface area contributed by atoms with Crippen LogP contribution in [0.4, 0.5) is 0 Å². The van der Waals surface area contributed by atoms with Crippen molar-refractivity contribution in [3.05, 3.63) is 64.6 Å². The molecule has 262 valence electrons. The average Bonchev–Trinajstić information content (AvgIpc) is 3.04. The maximum absolute atomic E-state index is 12.1. The van der Waals surface area contributed by atoms with Crippen LogP contribution in [-0.2, 0) is 18.9 Å². The van der Waals surface area contributed by atoms with E-state index in [1.165, 1.54) is 0 Å². The van der Waals surface area contributed by atoms with Crippen LogP contribution in [0.3, 0.4) is 0 Å². The van der Waals surface area contributed by atoms with Crippen molar-refractivity contribution < 1.29 is 34.3 Å². The van der Waals surface area contributed by atoms with Crippen molar-refractivity contribution in [1.29, 1.82) is 0 Å². The predicted octanol–water partition coefficient (Wildman–Crippen LogP) is 8.79. The van der Waals surface area contributed by atoms with E-state index in [9.17, 15) is 20.2 Å². The van der Waals surface area contributed by atoms with Gasteiger partial charge in [-0.05, 0) is 69.9 Å². The van der Waals surface area contributed by atoms with Gasteiger partial charge >= 0.3 is 0 Å². The molecule has 0 radical (unpaired) electrons. The summed E-state index contributed by atoms with van der Waals surface area (Å²) in [7, 11) is 0. The Morgan fingerprint density at radius 2 is 1.28 bits per heavy atom. The normalized spacial score (nSPS) is 27.5. The number of halogens is 2. The maximum Gasteiger partial charge on any atom is 0.188 e. The Bertz CT molecular complexity index is 1220. The molecular weight excluding hydrogens is 645 g/mol. The standard InChI is InChI=1S/C36H51Cl2NO8/c1-3-10-23(37)18-28-22-30(47-36(45-28)32-14-6-8-16-34(32)42)20-25(39-43)11-9-12-27-21-29(19-24(38)17-26(40)4-2)46-35(44-27)31-13-5-7-15-33(31)41/h5-8,13-16,23-30,35-36,40-42H,3-4,9-12,17-22H2,1-2H3. The van der Waals surface area contributed by atoms with Gasteiger partial charge in [0, 0.05) is 34.7 Å². The van der Waals surface area contributed by atoms with Crippen LogP contribution in [0, 0.1) is 4.91 Å². The lowest BCUT2D eigenvalue weighted by atomic mass is 9.94. The van der Waals surface area contributed by atoms with Crippen LogP contribution in [-0.4, -0.2) is 62.6 Å². The molecule has 3 N–H and O–H groups in total. The van der Waals surface area contributed by atoms with Gasteiger partial charge in [0.1, 0.15) is 11.5 Å². The summed E-state index contributed by atoms with van der Waals surface area (Å²) in [5, 5.41) is 34.3. The van der Waals surface area contributed by atoms with Crippen LogP contribution in [0.1, 0.15) is 115 Å². The summed E-state index contributed by atoms with van der Waals surface area (Å²) in [6.07, 6.45) is 4.84. The van der Waals surface area contributed by atoms with Crippen molar-refractivity contribution >= 4 is 23.2 Å². The number of para-hydroxylation sites is 2. The molecule has 2 aromatic carbocycles. The van der Waals surface area contributed by atoms with Gasteiger partial charge in [0.25, 0.3) is 0 Å². The Balaban J connectivity index is 1.37. The van der Waals surface area contributed by atoms with Gasteiger partial charge in [0.15, 0.2) is 12.6 Å². The molecule has 11 heteroatoms. The number of ether oxygens (including phenoxy) is 4. The van der Waals surface area contributed by atoms with Gasteiger partial charge < -0.3 is 34.3 Å². The van der Waals surface area contributed by atoms with E-state index in [2.05, 4.69) is 12.1 Å². The van der Waals surface area contributed by atoms with Gasteiger partial charge in [-0.2, -0.15) is 4.91 Å². The second kappa shape index (κ2) is 19.3. The first-order chi connectivity index (χ1) is 22.7. The van der Waals surface area contributed by atoms with E-state index >= 15 is 0 Å². The average molecular weight is 697 g/mol. The van der Waals surface area contributed by atoms with Gasteiger partial charge in [0.2, 0.25) is 0 Å². The lowest BCUT2D eigenvalue weighted by Gasteiger charge is -2.38. The van der Waals surface area contributed by atoms with Crippen LogP contribution in [0.15, 0.2) is 53.7 Å². The quantitative estimate of drug-likeness (QED) is 0.104. The Morgan fingerprint density at radius 3 is 1.81 bits per heavy atom. The number of rotatable bonds is 18. The molecule has 4 rings (SSSR count). The first-order valence-corrected chi connectivity index (χ1v) is 18.0. The lowest BCUT2D eigenvalue weighted by molar-refractivity contribution is -0.251. The van der Waals surface area contributed by atoms with E-state index in [1.807, 2.05) is 19.1 Å². The first-order valence-electron chi connectivity index (χ1n) is 17.1. The fourth-order valence-electron chi connectivity index (χ4n) is 6.54. The Labute approximate surface area is 288 Å². The van der Waals surface area contributed by atoms with E-state index in [1.54, 1.807) is 36.4 Å². The minimum absolute atomic E-state index is 0.0375. The van der Waals surface area contributed by atoms with E-state index in [4.69, 9.17) is 42.1 Å². The minimum atomic E-state index is -0.763. The molecule has 0 spiro atoms.